The van der Waals surface area contributed by atoms with E-state index in [1.807, 2.05) is 0 Å². The first-order valence-electron chi connectivity index (χ1n) is 6.23. The molecule has 0 aliphatic carbocycles. The Morgan fingerprint density at radius 2 is 2.09 bits per heavy atom. The summed E-state index contributed by atoms with van der Waals surface area (Å²) < 4.78 is 14.5. The van der Waals surface area contributed by atoms with Crippen molar-refractivity contribution in [2.45, 2.75) is 0 Å². The summed E-state index contributed by atoms with van der Waals surface area (Å²) in [6.07, 6.45) is 1.43. The van der Waals surface area contributed by atoms with Gasteiger partial charge in [0.1, 0.15) is 12.1 Å². The van der Waals surface area contributed by atoms with Crippen LogP contribution < -0.4 is 5.32 Å². The first kappa shape index (κ1) is 14.2. The van der Waals surface area contributed by atoms with Crippen molar-refractivity contribution in [3.8, 4) is 5.69 Å². The molecule has 0 saturated heterocycles. The monoisotopic (exact) mass is 317 g/mol. The van der Waals surface area contributed by atoms with Crippen LogP contribution in [0, 0.1) is 5.82 Å². The second-order valence-electron chi connectivity index (χ2n) is 4.39. The average Bonchev–Trinajstić information content (AvgIpc) is 3.05. The van der Waals surface area contributed by atoms with E-state index in [1.165, 1.54) is 29.2 Å². The number of nitrogens with zero attached hydrogens (tertiary/aromatic N) is 4. The molecule has 0 atom stereocenters. The van der Waals surface area contributed by atoms with Crippen LogP contribution in [0.2, 0.25) is 5.02 Å². The number of carbonyl (C=O) groups excluding carboxylic acids is 1. The summed E-state index contributed by atoms with van der Waals surface area (Å²) in [7, 11) is 0. The van der Waals surface area contributed by atoms with Crippen molar-refractivity contribution in [3.05, 3.63) is 65.2 Å². The summed E-state index contributed by atoms with van der Waals surface area (Å²) in [6.45, 7) is 0. The Kier molecular flexibility index (Phi) is 3.80. The van der Waals surface area contributed by atoms with Gasteiger partial charge in [0.05, 0.1) is 10.7 Å². The summed E-state index contributed by atoms with van der Waals surface area (Å²) in [4.78, 5) is 12.2. The molecule has 0 aliphatic heterocycles. The predicted octanol–water partition coefficient (Wildman–Crippen LogP) is 2.71. The molecule has 6 nitrogen and oxygen atoms in total. The largest absolute Gasteiger partial charge is 0.322 e. The van der Waals surface area contributed by atoms with Crippen LogP contribution in [-0.2, 0) is 0 Å². The minimum absolute atomic E-state index is 0.0553. The molecular weight excluding hydrogens is 309 g/mol. The Morgan fingerprint density at radius 3 is 2.82 bits per heavy atom. The van der Waals surface area contributed by atoms with Crippen LogP contribution in [0.25, 0.3) is 5.69 Å². The van der Waals surface area contributed by atoms with Gasteiger partial charge in [-0.3, -0.25) is 4.79 Å². The maximum Gasteiger partial charge on any atom is 0.255 e. The minimum atomic E-state index is -0.541. The van der Waals surface area contributed by atoms with Crippen molar-refractivity contribution in [1.29, 1.82) is 0 Å². The SMILES string of the molecule is O=C(Nc1ccc(F)c(Cl)c1)c1cccc(-n2cnnn2)c1. The van der Waals surface area contributed by atoms with Crippen LogP contribution in [0.5, 0.6) is 0 Å². The van der Waals surface area contributed by atoms with E-state index in [-0.39, 0.29) is 10.9 Å². The summed E-state index contributed by atoms with van der Waals surface area (Å²) in [5, 5.41) is 13.4. The number of carbonyl (C=O) groups is 1. The molecule has 1 amide bonds. The van der Waals surface area contributed by atoms with E-state index in [9.17, 15) is 9.18 Å². The molecule has 0 bridgehead atoms. The zero-order valence-electron chi connectivity index (χ0n) is 11.1. The van der Waals surface area contributed by atoms with Gasteiger partial charge >= 0.3 is 0 Å². The summed E-state index contributed by atoms with van der Waals surface area (Å²) in [5.41, 5.74) is 1.47. The van der Waals surface area contributed by atoms with Crippen molar-refractivity contribution in [3.63, 3.8) is 0 Å². The van der Waals surface area contributed by atoms with Gasteiger partial charge < -0.3 is 5.32 Å². The number of amides is 1. The molecule has 0 radical (unpaired) electrons. The van der Waals surface area contributed by atoms with E-state index in [0.29, 0.717) is 16.9 Å². The molecule has 1 aromatic heterocycles. The van der Waals surface area contributed by atoms with Gasteiger partial charge in [0.25, 0.3) is 5.91 Å². The third-order valence-corrected chi connectivity index (χ3v) is 3.19. The summed E-state index contributed by atoms with van der Waals surface area (Å²) >= 11 is 5.68. The fourth-order valence-corrected chi connectivity index (χ4v) is 2.03. The number of anilines is 1. The van der Waals surface area contributed by atoms with E-state index < -0.39 is 5.82 Å². The zero-order valence-corrected chi connectivity index (χ0v) is 11.8. The zero-order chi connectivity index (χ0) is 15.5. The number of hydrogen-bond donors (Lipinski definition) is 1. The molecule has 1 heterocycles. The van der Waals surface area contributed by atoms with Crippen molar-refractivity contribution >= 4 is 23.2 Å². The fraction of sp³-hybridized carbons (Fsp3) is 0. The molecule has 0 unspecified atom stereocenters. The number of rotatable bonds is 3. The standard InChI is InChI=1S/C14H9ClFN5O/c15-12-7-10(4-5-13(12)16)18-14(22)9-2-1-3-11(6-9)21-8-17-19-20-21/h1-8H,(H,18,22). The third-order valence-electron chi connectivity index (χ3n) is 2.90. The number of aromatic nitrogens is 4. The van der Waals surface area contributed by atoms with Crippen LogP contribution in [0.1, 0.15) is 10.4 Å². The number of halogens is 2. The van der Waals surface area contributed by atoms with Gasteiger partial charge in [0.2, 0.25) is 0 Å². The Bertz CT molecular complexity index is 822. The third kappa shape index (κ3) is 2.94. The Balaban J connectivity index is 1.83. The van der Waals surface area contributed by atoms with Gasteiger partial charge in [-0.05, 0) is 46.8 Å². The van der Waals surface area contributed by atoms with Crippen LogP contribution in [0.15, 0.2) is 48.8 Å². The molecule has 0 saturated carbocycles. The van der Waals surface area contributed by atoms with Gasteiger partial charge in [0.15, 0.2) is 0 Å². The molecule has 1 N–H and O–H groups in total. The van der Waals surface area contributed by atoms with Gasteiger partial charge in [-0.25, -0.2) is 9.07 Å². The van der Waals surface area contributed by atoms with Gasteiger partial charge in [0, 0.05) is 11.3 Å². The Labute approximate surface area is 129 Å². The quantitative estimate of drug-likeness (QED) is 0.806. The minimum Gasteiger partial charge on any atom is -0.322 e. The topological polar surface area (TPSA) is 72.7 Å². The molecule has 22 heavy (non-hydrogen) atoms. The van der Waals surface area contributed by atoms with Crippen LogP contribution in [0.4, 0.5) is 10.1 Å². The Morgan fingerprint density at radius 1 is 1.23 bits per heavy atom. The van der Waals surface area contributed by atoms with Crippen molar-refractivity contribution in [2.24, 2.45) is 0 Å². The normalized spacial score (nSPS) is 10.5. The first-order valence-corrected chi connectivity index (χ1v) is 6.61. The van der Waals surface area contributed by atoms with Crippen LogP contribution in [0.3, 0.4) is 0 Å². The number of hydrogen-bond acceptors (Lipinski definition) is 4. The number of tetrazole rings is 1. The van der Waals surface area contributed by atoms with Gasteiger partial charge in [-0.15, -0.1) is 5.10 Å². The number of benzene rings is 2. The predicted molar refractivity (Wildman–Crippen MR) is 78.5 cm³/mol. The molecular formula is C14H9ClFN5O. The van der Waals surface area contributed by atoms with Crippen molar-refractivity contribution in [1.82, 2.24) is 20.2 Å². The average molecular weight is 318 g/mol. The molecule has 8 heteroatoms. The highest BCUT2D eigenvalue weighted by Gasteiger charge is 2.09. The lowest BCUT2D eigenvalue weighted by Gasteiger charge is -2.07. The van der Waals surface area contributed by atoms with E-state index in [2.05, 4.69) is 20.8 Å². The molecule has 2 aromatic carbocycles. The number of nitrogens with one attached hydrogen (secondary N) is 1. The lowest BCUT2D eigenvalue weighted by atomic mass is 10.2. The maximum atomic E-state index is 13.1. The van der Waals surface area contributed by atoms with Crippen LogP contribution >= 0.6 is 11.6 Å². The lowest BCUT2D eigenvalue weighted by Crippen LogP contribution is -2.12. The second-order valence-corrected chi connectivity index (χ2v) is 4.79. The summed E-state index contributed by atoms with van der Waals surface area (Å²) in [5.74, 6) is -0.891. The van der Waals surface area contributed by atoms with Crippen LogP contribution in [-0.4, -0.2) is 26.1 Å². The molecule has 3 rings (SSSR count). The van der Waals surface area contributed by atoms with E-state index in [4.69, 9.17) is 11.6 Å². The first-order chi connectivity index (χ1) is 10.6. The fourth-order valence-electron chi connectivity index (χ4n) is 1.85. The molecule has 110 valence electrons. The van der Waals surface area contributed by atoms with E-state index in [0.717, 1.165) is 0 Å². The van der Waals surface area contributed by atoms with Gasteiger partial charge in [-0.1, -0.05) is 17.7 Å². The smallest absolute Gasteiger partial charge is 0.255 e. The van der Waals surface area contributed by atoms with E-state index >= 15 is 0 Å². The maximum absolute atomic E-state index is 13.1. The second kappa shape index (κ2) is 5.90. The Hall–Kier alpha value is -2.80. The molecule has 3 aromatic rings. The van der Waals surface area contributed by atoms with Crippen molar-refractivity contribution in [2.75, 3.05) is 5.32 Å². The molecule has 0 fully saturated rings. The van der Waals surface area contributed by atoms with Gasteiger partial charge in [-0.2, -0.15) is 0 Å². The highest BCUT2D eigenvalue weighted by molar-refractivity contribution is 6.31. The van der Waals surface area contributed by atoms with Crippen molar-refractivity contribution < 1.29 is 9.18 Å². The molecule has 0 spiro atoms. The molecule has 0 aliphatic rings. The van der Waals surface area contributed by atoms with E-state index in [1.54, 1.807) is 24.3 Å². The summed E-state index contributed by atoms with van der Waals surface area (Å²) in [6, 6.07) is 10.7. The highest BCUT2D eigenvalue weighted by Crippen LogP contribution is 2.20. The lowest BCUT2D eigenvalue weighted by molar-refractivity contribution is 0.102. The highest BCUT2D eigenvalue weighted by atomic mass is 35.5.